The van der Waals surface area contributed by atoms with E-state index in [-0.39, 0.29) is 5.78 Å². The topological polar surface area (TPSA) is 22.0 Å². The second-order valence-electron chi connectivity index (χ2n) is 5.45. The Morgan fingerprint density at radius 2 is 2.14 bits per heavy atom. The predicted octanol–water partition coefficient (Wildman–Crippen LogP) is 5.37. The highest BCUT2D eigenvalue weighted by molar-refractivity contribution is 7.10. The molecule has 0 aliphatic rings. The summed E-state index contributed by atoms with van der Waals surface area (Å²) < 4.78 is 2.29. The molecule has 21 heavy (non-hydrogen) atoms. The molecule has 0 aromatic carbocycles. The van der Waals surface area contributed by atoms with Gasteiger partial charge in [-0.15, -0.1) is 22.9 Å². The van der Waals surface area contributed by atoms with Crippen molar-refractivity contribution in [2.75, 3.05) is 0 Å². The lowest BCUT2D eigenvalue weighted by Gasteiger charge is -2.21. The molecule has 0 bridgehead atoms. The Morgan fingerprint density at radius 1 is 1.43 bits per heavy atom. The first kappa shape index (κ1) is 16.3. The Bertz CT molecular complexity index is 613. The SMILES string of the molecule is CCCC(c1cccs1)n1c(C)cc(C(=O)C(C)Cl)c1C. The van der Waals surface area contributed by atoms with Crippen LogP contribution in [-0.2, 0) is 0 Å². The van der Waals surface area contributed by atoms with Gasteiger partial charge in [0.15, 0.2) is 5.78 Å². The van der Waals surface area contributed by atoms with Crippen LogP contribution < -0.4 is 0 Å². The highest BCUT2D eigenvalue weighted by atomic mass is 35.5. The van der Waals surface area contributed by atoms with Gasteiger partial charge in [-0.3, -0.25) is 4.79 Å². The number of hydrogen-bond acceptors (Lipinski definition) is 2. The Morgan fingerprint density at radius 3 is 2.67 bits per heavy atom. The summed E-state index contributed by atoms with van der Waals surface area (Å²) in [5, 5.41) is 1.63. The van der Waals surface area contributed by atoms with Gasteiger partial charge in [-0.05, 0) is 44.7 Å². The number of aryl methyl sites for hydroxylation is 1. The molecule has 0 saturated heterocycles. The zero-order valence-electron chi connectivity index (χ0n) is 13.0. The molecule has 4 heteroatoms. The molecule has 2 nitrogen and oxygen atoms in total. The van der Waals surface area contributed by atoms with Gasteiger partial charge in [0.25, 0.3) is 0 Å². The van der Waals surface area contributed by atoms with E-state index in [1.54, 1.807) is 18.3 Å². The molecular formula is C17H22ClNOS. The summed E-state index contributed by atoms with van der Waals surface area (Å²) in [7, 11) is 0. The lowest BCUT2D eigenvalue weighted by atomic mass is 10.1. The van der Waals surface area contributed by atoms with Crippen molar-refractivity contribution < 1.29 is 4.79 Å². The van der Waals surface area contributed by atoms with Crippen molar-refractivity contribution in [3.05, 3.63) is 45.4 Å². The van der Waals surface area contributed by atoms with Crippen molar-refractivity contribution in [1.82, 2.24) is 4.57 Å². The molecule has 0 saturated carbocycles. The van der Waals surface area contributed by atoms with Crippen LogP contribution in [0.2, 0.25) is 0 Å². The summed E-state index contributed by atoms with van der Waals surface area (Å²) in [6, 6.07) is 6.55. The first-order valence-electron chi connectivity index (χ1n) is 7.37. The van der Waals surface area contributed by atoms with Gasteiger partial charge < -0.3 is 4.57 Å². The summed E-state index contributed by atoms with van der Waals surface area (Å²) in [4.78, 5) is 13.6. The molecule has 0 aliphatic heterocycles. The van der Waals surface area contributed by atoms with E-state index >= 15 is 0 Å². The molecule has 2 rings (SSSR count). The molecule has 2 aromatic rings. The zero-order chi connectivity index (χ0) is 15.6. The quantitative estimate of drug-likeness (QED) is 0.517. The predicted molar refractivity (Wildman–Crippen MR) is 90.9 cm³/mol. The number of rotatable bonds is 6. The van der Waals surface area contributed by atoms with E-state index in [2.05, 4.69) is 35.9 Å². The Balaban J connectivity index is 2.49. The van der Waals surface area contributed by atoms with E-state index in [1.165, 1.54) is 4.88 Å². The van der Waals surface area contributed by atoms with Gasteiger partial charge in [0.1, 0.15) is 0 Å². The molecule has 0 fully saturated rings. The Kier molecular flexibility index (Phi) is 5.28. The van der Waals surface area contributed by atoms with Gasteiger partial charge in [0.2, 0.25) is 0 Å². The van der Waals surface area contributed by atoms with Crippen molar-refractivity contribution in [2.45, 2.75) is 52.0 Å². The van der Waals surface area contributed by atoms with Crippen LogP contribution in [0.5, 0.6) is 0 Å². The van der Waals surface area contributed by atoms with E-state index in [0.717, 1.165) is 29.8 Å². The van der Waals surface area contributed by atoms with Gasteiger partial charge in [-0.25, -0.2) is 0 Å². The third kappa shape index (κ3) is 3.24. The van der Waals surface area contributed by atoms with E-state index in [0.29, 0.717) is 6.04 Å². The van der Waals surface area contributed by atoms with Crippen LogP contribution in [0.15, 0.2) is 23.6 Å². The third-order valence-corrected chi connectivity index (χ3v) is 5.03. The minimum atomic E-state index is -0.481. The maximum Gasteiger partial charge on any atom is 0.182 e. The van der Waals surface area contributed by atoms with E-state index in [1.807, 2.05) is 13.0 Å². The average Bonchev–Trinajstić information content (AvgIpc) is 3.05. The Hall–Kier alpha value is -1.06. The average molecular weight is 324 g/mol. The maximum atomic E-state index is 12.3. The van der Waals surface area contributed by atoms with Gasteiger partial charge in [-0.1, -0.05) is 19.4 Å². The van der Waals surface area contributed by atoms with E-state index < -0.39 is 5.38 Å². The summed E-state index contributed by atoms with van der Waals surface area (Å²) >= 11 is 7.76. The molecule has 114 valence electrons. The minimum absolute atomic E-state index is 0.0115. The van der Waals surface area contributed by atoms with Crippen LogP contribution in [0.4, 0.5) is 0 Å². The number of thiophene rings is 1. The molecule has 0 amide bonds. The van der Waals surface area contributed by atoms with Gasteiger partial charge in [-0.2, -0.15) is 0 Å². The van der Waals surface area contributed by atoms with Crippen LogP contribution in [0.25, 0.3) is 0 Å². The van der Waals surface area contributed by atoms with Crippen LogP contribution in [-0.4, -0.2) is 15.7 Å². The van der Waals surface area contributed by atoms with Crippen LogP contribution in [0, 0.1) is 13.8 Å². The molecule has 0 aliphatic carbocycles. The van der Waals surface area contributed by atoms with Gasteiger partial charge in [0.05, 0.1) is 11.4 Å². The number of halogens is 1. The standard InChI is InChI=1S/C17H22ClNOS/c1-5-7-15(16-8-6-9-21-16)19-11(2)10-14(13(19)4)17(20)12(3)18/h6,8-10,12,15H,5,7H2,1-4H3. The summed E-state index contributed by atoms with van der Waals surface area (Å²) in [6.07, 6.45) is 2.18. The minimum Gasteiger partial charge on any atom is -0.340 e. The van der Waals surface area contributed by atoms with Crippen molar-refractivity contribution in [3.63, 3.8) is 0 Å². The molecule has 0 spiro atoms. The number of carbonyl (C=O) groups excluding carboxylic acids is 1. The van der Waals surface area contributed by atoms with E-state index in [9.17, 15) is 4.79 Å². The van der Waals surface area contributed by atoms with Crippen molar-refractivity contribution in [1.29, 1.82) is 0 Å². The molecular weight excluding hydrogens is 302 g/mol. The summed E-state index contributed by atoms with van der Waals surface area (Å²) in [5.74, 6) is 0.0115. The van der Waals surface area contributed by atoms with Gasteiger partial charge in [0, 0.05) is 21.8 Å². The molecule has 2 aromatic heterocycles. The first-order valence-corrected chi connectivity index (χ1v) is 8.69. The molecule has 2 atom stereocenters. The number of carbonyl (C=O) groups is 1. The largest absolute Gasteiger partial charge is 0.340 e. The molecule has 0 N–H and O–H groups in total. The monoisotopic (exact) mass is 323 g/mol. The van der Waals surface area contributed by atoms with Crippen molar-refractivity contribution in [2.24, 2.45) is 0 Å². The molecule has 2 heterocycles. The second-order valence-corrected chi connectivity index (χ2v) is 7.09. The van der Waals surface area contributed by atoms with Crippen LogP contribution in [0.3, 0.4) is 0 Å². The normalized spacial score (nSPS) is 14.1. The van der Waals surface area contributed by atoms with E-state index in [4.69, 9.17) is 11.6 Å². The fourth-order valence-corrected chi connectivity index (χ4v) is 3.84. The smallest absolute Gasteiger partial charge is 0.182 e. The first-order chi connectivity index (χ1) is 9.97. The number of nitrogens with zero attached hydrogens (tertiary/aromatic N) is 1. The lowest BCUT2D eigenvalue weighted by molar-refractivity contribution is 0.0991. The fourth-order valence-electron chi connectivity index (χ4n) is 2.87. The highest BCUT2D eigenvalue weighted by Gasteiger charge is 2.24. The number of hydrogen-bond donors (Lipinski definition) is 0. The van der Waals surface area contributed by atoms with Crippen LogP contribution >= 0.6 is 22.9 Å². The second kappa shape index (κ2) is 6.80. The Labute approximate surface area is 135 Å². The maximum absolute atomic E-state index is 12.3. The van der Waals surface area contributed by atoms with Gasteiger partial charge >= 0.3 is 0 Å². The molecule has 2 unspecified atom stereocenters. The highest BCUT2D eigenvalue weighted by Crippen LogP contribution is 2.32. The third-order valence-electron chi connectivity index (χ3n) is 3.86. The number of aromatic nitrogens is 1. The number of Topliss-reactive ketones (excluding diaryl/α,β-unsaturated/α-hetero) is 1. The van der Waals surface area contributed by atoms with Crippen molar-refractivity contribution >= 4 is 28.7 Å². The van der Waals surface area contributed by atoms with Crippen molar-refractivity contribution in [3.8, 4) is 0 Å². The molecule has 0 radical (unpaired) electrons. The van der Waals surface area contributed by atoms with Crippen LogP contribution in [0.1, 0.15) is 59.4 Å². The number of ketones is 1. The number of alkyl halides is 1. The lowest BCUT2D eigenvalue weighted by Crippen LogP contribution is -2.15. The summed E-state index contributed by atoms with van der Waals surface area (Å²) in [5.41, 5.74) is 2.91. The zero-order valence-corrected chi connectivity index (χ0v) is 14.6. The summed E-state index contributed by atoms with van der Waals surface area (Å²) in [6.45, 7) is 8.02. The fraction of sp³-hybridized carbons (Fsp3) is 0.471.